The van der Waals surface area contributed by atoms with Gasteiger partial charge in [-0.05, 0) is 67.1 Å². The van der Waals surface area contributed by atoms with E-state index in [1.165, 1.54) is 5.56 Å². The van der Waals surface area contributed by atoms with Crippen LogP contribution in [0.3, 0.4) is 0 Å². The van der Waals surface area contributed by atoms with Crippen molar-refractivity contribution in [3.63, 3.8) is 0 Å². The lowest BCUT2D eigenvalue weighted by atomic mass is 9.87. The summed E-state index contributed by atoms with van der Waals surface area (Å²) in [6, 6.07) is 12.9. The SMILES string of the molecule is CCOC(=O)c1ccc(NC(=O)[C@@H](CC)Oc2ccc(C(C)(C)C)cc2)c(C)c1. The highest BCUT2D eigenvalue weighted by Gasteiger charge is 2.20. The first-order chi connectivity index (χ1) is 13.7. The molecule has 156 valence electrons. The van der Waals surface area contributed by atoms with E-state index in [0.717, 1.165) is 5.56 Å². The van der Waals surface area contributed by atoms with Gasteiger partial charge >= 0.3 is 5.97 Å². The predicted molar refractivity (Wildman–Crippen MR) is 116 cm³/mol. The predicted octanol–water partition coefficient (Wildman–Crippen LogP) is 5.27. The molecule has 2 aromatic rings. The Morgan fingerprint density at radius 1 is 1.03 bits per heavy atom. The molecule has 0 spiro atoms. The Kier molecular flexibility index (Phi) is 7.43. The summed E-state index contributed by atoms with van der Waals surface area (Å²) in [5.41, 5.74) is 3.17. The van der Waals surface area contributed by atoms with Crippen LogP contribution < -0.4 is 10.1 Å². The first-order valence-corrected chi connectivity index (χ1v) is 10.0. The van der Waals surface area contributed by atoms with Crippen molar-refractivity contribution in [3.05, 3.63) is 59.2 Å². The van der Waals surface area contributed by atoms with Crippen LogP contribution >= 0.6 is 0 Å². The van der Waals surface area contributed by atoms with Crippen LogP contribution in [0.5, 0.6) is 5.75 Å². The molecule has 0 radical (unpaired) electrons. The summed E-state index contributed by atoms with van der Waals surface area (Å²) in [6.45, 7) is 12.3. The Bertz CT molecular complexity index is 850. The third-order valence-electron chi connectivity index (χ3n) is 4.66. The van der Waals surface area contributed by atoms with Crippen molar-refractivity contribution in [1.29, 1.82) is 0 Å². The molecule has 0 fully saturated rings. The minimum atomic E-state index is -0.611. The molecule has 2 aromatic carbocycles. The molecule has 1 atom stereocenters. The number of anilines is 1. The van der Waals surface area contributed by atoms with Crippen LogP contribution in [0.1, 0.15) is 62.5 Å². The summed E-state index contributed by atoms with van der Waals surface area (Å²) in [6.07, 6.45) is -0.0769. The van der Waals surface area contributed by atoms with Gasteiger partial charge in [-0.15, -0.1) is 0 Å². The molecule has 29 heavy (non-hydrogen) atoms. The molecule has 0 aliphatic rings. The first kappa shape index (κ1) is 22.5. The number of esters is 1. The van der Waals surface area contributed by atoms with E-state index in [0.29, 0.717) is 30.0 Å². The molecule has 2 rings (SSSR count). The average molecular weight is 398 g/mol. The number of hydrogen-bond donors (Lipinski definition) is 1. The van der Waals surface area contributed by atoms with Gasteiger partial charge < -0.3 is 14.8 Å². The van der Waals surface area contributed by atoms with E-state index in [1.54, 1.807) is 25.1 Å². The van der Waals surface area contributed by atoms with Gasteiger partial charge in [-0.3, -0.25) is 4.79 Å². The van der Waals surface area contributed by atoms with E-state index >= 15 is 0 Å². The van der Waals surface area contributed by atoms with Gasteiger partial charge in [-0.1, -0.05) is 39.8 Å². The lowest BCUT2D eigenvalue weighted by Crippen LogP contribution is -2.32. The molecule has 5 nitrogen and oxygen atoms in total. The summed E-state index contributed by atoms with van der Waals surface area (Å²) in [5.74, 6) is 0.0655. The highest BCUT2D eigenvalue weighted by molar-refractivity contribution is 5.96. The van der Waals surface area contributed by atoms with E-state index in [9.17, 15) is 9.59 Å². The highest BCUT2D eigenvalue weighted by Crippen LogP contribution is 2.25. The van der Waals surface area contributed by atoms with Crippen molar-refractivity contribution in [2.24, 2.45) is 0 Å². The number of rotatable bonds is 7. The summed E-state index contributed by atoms with van der Waals surface area (Å²) in [4.78, 5) is 24.6. The van der Waals surface area contributed by atoms with Crippen molar-refractivity contribution in [2.45, 2.75) is 59.5 Å². The van der Waals surface area contributed by atoms with Gasteiger partial charge in [0.2, 0.25) is 0 Å². The average Bonchev–Trinajstić information content (AvgIpc) is 2.67. The number of nitrogens with one attached hydrogen (secondary N) is 1. The summed E-state index contributed by atoms with van der Waals surface area (Å²) in [7, 11) is 0. The molecule has 0 aliphatic carbocycles. The second kappa shape index (κ2) is 9.59. The fourth-order valence-electron chi connectivity index (χ4n) is 2.88. The molecule has 0 aromatic heterocycles. The van der Waals surface area contributed by atoms with Gasteiger partial charge in [-0.2, -0.15) is 0 Å². The molecule has 0 saturated heterocycles. The second-order valence-corrected chi connectivity index (χ2v) is 8.03. The maximum atomic E-state index is 12.7. The molecule has 0 heterocycles. The van der Waals surface area contributed by atoms with Crippen molar-refractivity contribution in [2.75, 3.05) is 11.9 Å². The molecule has 1 N–H and O–H groups in total. The number of amides is 1. The van der Waals surface area contributed by atoms with E-state index < -0.39 is 6.10 Å². The fraction of sp³-hybridized carbons (Fsp3) is 0.417. The Hall–Kier alpha value is -2.82. The summed E-state index contributed by atoms with van der Waals surface area (Å²) in [5, 5.41) is 2.90. The van der Waals surface area contributed by atoms with E-state index in [4.69, 9.17) is 9.47 Å². The van der Waals surface area contributed by atoms with Gasteiger partial charge in [0.25, 0.3) is 5.91 Å². The van der Waals surface area contributed by atoms with Gasteiger partial charge in [-0.25, -0.2) is 4.79 Å². The maximum absolute atomic E-state index is 12.7. The number of carbonyl (C=O) groups excluding carboxylic acids is 2. The van der Waals surface area contributed by atoms with Gasteiger partial charge in [0.1, 0.15) is 5.75 Å². The van der Waals surface area contributed by atoms with Crippen LogP contribution in [0.15, 0.2) is 42.5 Å². The van der Waals surface area contributed by atoms with Gasteiger partial charge in [0.05, 0.1) is 12.2 Å². The standard InChI is InChI=1S/C24H31NO4/c1-7-21(29-19-12-10-18(11-13-19)24(4,5)6)22(26)25-20-14-9-17(15-16(20)3)23(27)28-8-2/h9-15,21H,7-8H2,1-6H3,(H,25,26)/t21-/m1/s1. The quantitative estimate of drug-likeness (QED) is 0.647. The second-order valence-electron chi connectivity index (χ2n) is 8.03. The van der Waals surface area contributed by atoms with E-state index in [2.05, 4.69) is 26.1 Å². The number of ether oxygens (including phenoxy) is 2. The van der Waals surface area contributed by atoms with Crippen molar-refractivity contribution >= 4 is 17.6 Å². The van der Waals surface area contributed by atoms with Gasteiger partial charge in [0.15, 0.2) is 6.10 Å². The largest absolute Gasteiger partial charge is 0.481 e. The Labute approximate surface area is 173 Å². The van der Waals surface area contributed by atoms with Crippen LogP contribution in [0.2, 0.25) is 0 Å². The van der Waals surface area contributed by atoms with Crippen molar-refractivity contribution < 1.29 is 19.1 Å². The summed E-state index contributed by atoms with van der Waals surface area (Å²) >= 11 is 0. The maximum Gasteiger partial charge on any atom is 0.338 e. The lowest BCUT2D eigenvalue weighted by molar-refractivity contribution is -0.122. The zero-order valence-corrected chi connectivity index (χ0v) is 18.2. The van der Waals surface area contributed by atoms with Crippen LogP contribution in [0, 0.1) is 6.92 Å². The highest BCUT2D eigenvalue weighted by atomic mass is 16.5. The monoisotopic (exact) mass is 397 g/mol. The molecule has 0 bridgehead atoms. The minimum Gasteiger partial charge on any atom is -0.481 e. The molecule has 0 aliphatic heterocycles. The third-order valence-corrected chi connectivity index (χ3v) is 4.66. The van der Waals surface area contributed by atoms with Crippen LogP contribution in [0.4, 0.5) is 5.69 Å². The third kappa shape index (κ3) is 6.08. The van der Waals surface area contributed by atoms with E-state index in [1.807, 2.05) is 38.1 Å². The zero-order valence-electron chi connectivity index (χ0n) is 18.2. The molecular formula is C24H31NO4. The van der Waals surface area contributed by atoms with Crippen LogP contribution in [0.25, 0.3) is 0 Å². The normalized spacial score (nSPS) is 12.2. The Morgan fingerprint density at radius 3 is 2.21 bits per heavy atom. The Morgan fingerprint density at radius 2 is 1.69 bits per heavy atom. The van der Waals surface area contributed by atoms with Crippen molar-refractivity contribution in [3.8, 4) is 5.75 Å². The van der Waals surface area contributed by atoms with Crippen LogP contribution in [-0.4, -0.2) is 24.6 Å². The molecule has 0 unspecified atom stereocenters. The number of benzene rings is 2. The summed E-state index contributed by atoms with van der Waals surface area (Å²) < 4.78 is 10.9. The van der Waals surface area contributed by atoms with E-state index in [-0.39, 0.29) is 17.3 Å². The smallest absolute Gasteiger partial charge is 0.338 e. The lowest BCUT2D eigenvalue weighted by Gasteiger charge is -2.21. The topological polar surface area (TPSA) is 64.6 Å². The molecule has 5 heteroatoms. The Balaban J connectivity index is 2.07. The van der Waals surface area contributed by atoms with Crippen molar-refractivity contribution in [1.82, 2.24) is 0 Å². The number of carbonyl (C=O) groups is 2. The first-order valence-electron chi connectivity index (χ1n) is 10.0. The minimum absolute atomic E-state index is 0.0628. The zero-order chi connectivity index (χ0) is 21.6. The fourth-order valence-corrected chi connectivity index (χ4v) is 2.88. The molecule has 0 saturated carbocycles. The molecule has 1 amide bonds. The molecular weight excluding hydrogens is 366 g/mol. The van der Waals surface area contributed by atoms with Crippen LogP contribution in [-0.2, 0) is 14.9 Å². The number of hydrogen-bond acceptors (Lipinski definition) is 4. The number of aryl methyl sites for hydroxylation is 1. The van der Waals surface area contributed by atoms with Gasteiger partial charge in [0, 0.05) is 5.69 Å².